The average molecular weight is 995 g/mol. The van der Waals surface area contributed by atoms with Gasteiger partial charge in [0.2, 0.25) is 20.0 Å². The molecule has 20 heteroatoms. The van der Waals surface area contributed by atoms with Gasteiger partial charge in [0.1, 0.15) is 33.7 Å². The Hall–Kier alpha value is -6.13. The van der Waals surface area contributed by atoms with Gasteiger partial charge in [-0.15, -0.1) is 0 Å². The van der Waals surface area contributed by atoms with Crippen molar-refractivity contribution >= 4 is 49.1 Å². The Morgan fingerprint density at radius 1 is 0.721 bits per heavy atom. The lowest BCUT2D eigenvalue weighted by Crippen LogP contribution is -2.33. The summed E-state index contributed by atoms with van der Waals surface area (Å²) in [5, 5.41) is 20.4. The van der Waals surface area contributed by atoms with Gasteiger partial charge >= 0.3 is 5.97 Å². The number of carbonyl (C=O) groups excluding carboxylic acids is 1. The third-order valence-electron chi connectivity index (χ3n) is 10.9. The van der Waals surface area contributed by atoms with Crippen LogP contribution in [0.15, 0.2) is 72.8 Å². The number of aromatic nitrogens is 4. The van der Waals surface area contributed by atoms with Crippen molar-refractivity contribution in [1.82, 2.24) is 28.2 Å². The lowest BCUT2D eigenvalue weighted by atomic mass is 10.0. The van der Waals surface area contributed by atoms with E-state index in [1.54, 1.807) is 24.3 Å². The Labute approximate surface area is 404 Å². The van der Waals surface area contributed by atoms with Gasteiger partial charge in [-0.25, -0.2) is 36.2 Å². The molecule has 0 radical (unpaired) electrons. The standard InChI is InChI=1S/C24H24N4O5S2.C24H26N4O3S2/c1-14(2)33-21-10-7-15(11-16(21)12-25)24-26-23(27-34-24)19-6-4-5-18-17(19)8-9-20(18)28-35(30,31)13-22(29)32-3;1-4-12-33(29,30)28-21-10-9-18-19(21)6-5-7-20(18)23-26-24(32-27-23)16-8-11-22(31-15(2)3)17(13-16)14-25/h4-7,10-11,14,20,28H,8-9,13H2,1-3H3;5-8,11,13,15,21,28H,4,9-10,12H2,1-3H3/t20-;21-/m00/s1. The minimum absolute atomic E-state index is 0.0217. The number of sulfonamides is 2. The summed E-state index contributed by atoms with van der Waals surface area (Å²) in [5.74, 6) is 0.827. The second-order valence-electron chi connectivity index (χ2n) is 16.6. The molecule has 2 atom stereocenters. The van der Waals surface area contributed by atoms with E-state index in [1.165, 1.54) is 23.1 Å². The van der Waals surface area contributed by atoms with Crippen molar-refractivity contribution in [2.75, 3.05) is 18.6 Å². The van der Waals surface area contributed by atoms with Crippen molar-refractivity contribution < 1.29 is 35.8 Å². The number of methoxy groups -OCH3 is 1. The molecule has 2 aliphatic carbocycles. The molecular formula is C48H50N8O8S4. The van der Waals surface area contributed by atoms with Crippen LogP contribution in [0.25, 0.3) is 43.9 Å². The number of nitrogens with one attached hydrogen (secondary N) is 2. The summed E-state index contributed by atoms with van der Waals surface area (Å²) in [6, 6.07) is 26.0. The van der Waals surface area contributed by atoms with Crippen LogP contribution in [0.4, 0.5) is 0 Å². The normalized spacial score (nSPS) is 15.2. The number of hydrogen-bond donors (Lipinski definition) is 2. The molecular weight excluding hydrogens is 945 g/mol. The molecule has 2 heterocycles. The average Bonchev–Trinajstić information content (AvgIpc) is 4.14. The molecule has 0 saturated carbocycles. The number of hydrogen-bond acceptors (Lipinski definition) is 16. The minimum Gasteiger partial charge on any atom is -0.490 e. The van der Waals surface area contributed by atoms with Gasteiger partial charge in [0.15, 0.2) is 17.4 Å². The van der Waals surface area contributed by atoms with Crippen LogP contribution in [0.3, 0.4) is 0 Å². The number of carbonyl (C=O) groups is 1. The van der Waals surface area contributed by atoms with Crippen molar-refractivity contribution in [3.8, 4) is 67.6 Å². The van der Waals surface area contributed by atoms with Crippen molar-refractivity contribution in [3.63, 3.8) is 0 Å². The van der Waals surface area contributed by atoms with Crippen LogP contribution in [0, 0.1) is 22.7 Å². The zero-order valence-electron chi connectivity index (χ0n) is 38.3. The number of fused-ring (bicyclic) bond motifs is 2. The topological polar surface area (TPSA) is 236 Å². The van der Waals surface area contributed by atoms with Gasteiger partial charge in [0.25, 0.3) is 0 Å². The van der Waals surface area contributed by atoms with Crippen molar-refractivity contribution in [1.29, 1.82) is 10.5 Å². The van der Waals surface area contributed by atoms with E-state index in [2.05, 4.69) is 35.1 Å². The van der Waals surface area contributed by atoms with Gasteiger partial charge in [0.05, 0.1) is 36.2 Å². The molecule has 4 aromatic carbocycles. The number of esters is 1. The fourth-order valence-electron chi connectivity index (χ4n) is 8.10. The summed E-state index contributed by atoms with van der Waals surface area (Å²) in [7, 11) is -5.99. The fraction of sp³-hybridized carbons (Fsp3) is 0.354. The van der Waals surface area contributed by atoms with Crippen LogP contribution in [0.2, 0.25) is 0 Å². The highest BCUT2D eigenvalue weighted by molar-refractivity contribution is 7.90. The first kappa shape index (κ1) is 49.8. The predicted octanol–water partition coefficient (Wildman–Crippen LogP) is 8.46. The molecule has 0 bridgehead atoms. The Morgan fingerprint density at radius 3 is 1.59 bits per heavy atom. The maximum atomic E-state index is 12.3. The second kappa shape index (κ2) is 21.4. The molecule has 0 saturated heterocycles. The number of rotatable bonds is 16. The largest absolute Gasteiger partial charge is 0.490 e. The molecule has 8 rings (SSSR count). The van der Waals surface area contributed by atoms with E-state index in [0.29, 0.717) is 63.6 Å². The Morgan fingerprint density at radius 2 is 1.18 bits per heavy atom. The van der Waals surface area contributed by atoms with Crippen LogP contribution in [-0.2, 0) is 42.4 Å². The lowest BCUT2D eigenvalue weighted by molar-refractivity contribution is -0.137. The second-order valence-corrected chi connectivity index (χ2v) is 21.8. The van der Waals surface area contributed by atoms with Gasteiger partial charge in [-0.3, -0.25) is 4.79 Å². The zero-order valence-corrected chi connectivity index (χ0v) is 41.5. The van der Waals surface area contributed by atoms with Crippen molar-refractivity contribution in [3.05, 3.63) is 106 Å². The van der Waals surface area contributed by atoms with E-state index in [-0.39, 0.29) is 24.0 Å². The van der Waals surface area contributed by atoms with Crippen LogP contribution in [0.1, 0.15) is 99.3 Å². The van der Waals surface area contributed by atoms with E-state index < -0.39 is 37.8 Å². The number of ether oxygens (including phenoxy) is 3. The molecule has 0 spiro atoms. The summed E-state index contributed by atoms with van der Waals surface area (Å²) in [6.45, 7) is 9.50. The SMILES string of the molecule is CCCS(=O)(=O)N[C@H]1CCc2c(-c3nsc(-c4ccc(OC(C)C)c(C#N)c4)n3)cccc21.COC(=O)CS(=O)(=O)N[C@H]1CCc2c(-c3nsc(-c4ccc(OC(C)C)c(C#N)c4)n3)cccc21. The van der Waals surface area contributed by atoms with Crippen LogP contribution >= 0.6 is 23.1 Å². The van der Waals surface area contributed by atoms with Gasteiger partial charge < -0.3 is 14.2 Å². The minimum atomic E-state index is -3.84. The summed E-state index contributed by atoms with van der Waals surface area (Å²) in [4.78, 5) is 20.9. The first-order chi connectivity index (χ1) is 32.5. The van der Waals surface area contributed by atoms with Crippen molar-refractivity contribution in [2.24, 2.45) is 0 Å². The van der Waals surface area contributed by atoms with Crippen molar-refractivity contribution in [2.45, 2.75) is 91.0 Å². The molecule has 2 N–H and O–H groups in total. The highest BCUT2D eigenvalue weighted by Crippen LogP contribution is 2.40. The molecule has 2 aromatic heterocycles. The Kier molecular flexibility index (Phi) is 15.7. The van der Waals surface area contributed by atoms with E-state index in [0.717, 1.165) is 64.5 Å². The third kappa shape index (κ3) is 11.8. The van der Waals surface area contributed by atoms with E-state index >= 15 is 0 Å². The van der Waals surface area contributed by atoms with Gasteiger partial charge in [-0.2, -0.15) is 19.3 Å². The maximum absolute atomic E-state index is 12.3. The number of nitrogens with zero attached hydrogens (tertiary/aromatic N) is 6. The van der Waals surface area contributed by atoms with E-state index in [9.17, 15) is 32.2 Å². The van der Waals surface area contributed by atoms with Gasteiger partial charge in [-0.1, -0.05) is 43.3 Å². The highest BCUT2D eigenvalue weighted by Gasteiger charge is 2.31. The first-order valence-corrected chi connectivity index (χ1v) is 26.8. The molecule has 6 aromatic rings. The van der Waals surface area contributed by atoms with Gasteiger partial charge in [0, 0.05) is 34.3 Å². The first-order valence-electron chi connectivity index (χ1n) is 21.9. The quantitative estimate of drug-likeness (QED) is 0.0866. The molecule has 354 valence electrons. The maximum Gasteiger partial charge on any atom is 0.322 e. The number of nitriles is 2. The van der Waals surface area contributed by atoms with Gasteiger partial charge in [-0.05, 0) is 142 Å². The van der Waals surface area contributed by atoms with Crippen LogP contribution < -0.4 is 18.9 Å². The molecule has 0 unspecified atom stereocenters. The molecule has 0 fully saturated rings. The highest BCUT2D eigenvalue weighted by atomic mass is 32.2. The summed E-state index contributed by atoms with van der Waals surface area (Å²) < 4.78 is 79.7. The van der Waals surface area contributed by atoms with E-state index in [1.807, 2.05) is 83.1 Å². The Bertz CT molecular complexity index is 3140. The molecule has 68 heavy (non-hydrogen) atoms. The fourth-order valence-corrected chi connectivity index (χ4v) is 12.0. The predicted molar refractivity (Wildman–Crippen MR) is 261 cm³/mol. The molecule has 0 aliphatic heterocycles. The number of benzene rings is 4. The van der Waals surface area contributed by atoms with Crippen LogP contribution in [0.5, 0.6) is 11.5 Å². The van der Waals surface area contributed by atoms with E-state index in [4.69, 9.17) is 19.4 Å². The molecule has 0 amide bonds. The zero-order chi connectivity index (χ0) is 48.8. The smallest absolute Gasteiger partial charge is 0.322 e. The summed E-state index contributed by atoms with van der Waals surface area (Å²) in [6.07, 6.45) is 3.20. The summed E-state index contributed by atoms with van der Waals surface area (Å²) in [5.41, 5.74) is 8.11. The van der Waals surface area contributed by atoms with Crippen LogP contribution in [-0.4, -0.2) is 72.3 Å². The monoisotopic (exact) mass is 994 g/mol. The Balaban J connectivity index is 0.000000202. The summed E-state index contributed by atoms with van der Waals surface area (Å²) >= 11 is 2.50. The molecule has 16 nitrogen and oxygen atoms in total. The third-order valence-corrected chi connectivity index (χ3v) is 15.3. The molecule has 2 aliphatic rings. The lowest BCUT2D eigenvalue weighted by Gasteiger charge is -2.14.